The van der Waals surface area contributed by atoms with Crippen LogP contribution >= 0.6 is 22.7 Å². The molecule has 2 atom stereocenters. The molecule has 4 aromatic heterocycles. The number of piperazine rings is 1. The third-order valence-corrected chi connectivity index (χ3v) is 9.55. The summed E-state index contributed by atoms with van der Waals surface area (Å²) < 4.78 is 31.6. The third kappa shape index (κ3) is 6.06. The summed E-state index contributed by atoms with van der Waals surface area (Å²) in [6, 6.07) is 20.7. The van der Waals surface area contributed by atoms with Gasteiger partial charge in [0, 0.05) is 35.9 Å². The van der Waals surface area contributed by atoms with E-state index in [0.717, 1.165) is 20.9 Å². The highest BCUT2D eigenvalue weighted by Gasteiger charge is 2.35. The van der Waals surface area contributed by atoms with Gasteiger partial charge in [-0.05, 0) is 79.1 Å². The van der Waals surface area contributed by atoms with Crippen molar-refractivity contribution < 1.29 is 8.78 Å². The van der Waals surface area contributed by atoms with E-state index in [-0.39, 0.29) is 23.7 Å². The fourth-order valence-corrected chi connectivity index (χ4v) is 7.10. The van der Waals surface area contributed by atoms with E-state index in [9.17, 15) is 8.78 Å². The molecule has 0 amide bonds. The molecule has 1 saturated heterocycles. The van der Waals surface area contributed by atoms with Gasteiger partial charge in [0.05, 0.1) is 25.2 Å². The van der Waals surface area contributed by atoms with Crippen molar-refractivity contribution in [3.8, 4) is 0 Å². The molecule has 10 nitrogen and oxygen atoms in total. The molecule has 0 aliphatic carbocycles. The molecule has 0 radical (unpaired) electrons. The fraction of sp³-hybridized carbons (Fsp3) is 0.267. The lowest BCUT2D eigenvalue weighted by Gasteiger charge is -2.41. The Hall–Kier alpha value is -4.24. The lowest BCUT2D eigenvalue weighted by Crippen LogP contribution is -2.50. The molecule has 14 heteroatoms. The second kappa shape index (κ2) is 12.8. The SMILES string of the molecule is Fc1ccc([C@H](c2nnnn2Cc2cccs2)N2CCN([C@H](c3ccc(F)cc3)c3nnnn3Cc3cccs3)CC2)cc1. The van der Waals surface area contributed by atoms with Gasteiger partial charge >= 0.3 is 0 Å². The molecule has 0 bridgehead atoms. The monoisotopic (exact) mass is 630 g/mol. The van der Waals surface area contributed by atoms with Gasteiger partial charge in [0.1, 0.15) is 11.6 Å². The molecule has 224 valence electrons. The van der Waals surface area contributed by atoms with Crippen LogP contribution in [0.4, 0.5) is 8.78 Å². The Kier molecular flexibility index (Phi) is 8.29. The zero-order chi connectivity index (χ0) is 29.9. The Morgan fingerprint density at radius 2 is 1.00 bits per heavy atom. The van der Waals surface area contributed by atoms with Gasteiger partial charge in [0.2, 0.25) is 0 Å². The average molecular weight is 631 g/mol. The normalized spacial score (nSPS) is 15.9. The molecule has 0 unspecified atom stereocenters. The van der Waals surface area contributed by atoms with Crippen LogP contribution in [0.1, 0.15) is 44.6 Å². The second-order valence-electron chi connectivity index (χ2n) is 10.5. The van der Waals surface area contributed by atoms with Gasteiger partial charge in [-0.2, -0.15) is 0 Å². The van der Waals surface area contributed by atoms with Crippen molar-refractivity contribution in [2.24, 2.45) is 0 Å². The summed E-state index contributed by atoms with van der Waals surface area (Å²) in [7, 11) is 0. The number of tetrazole rings is 2. The molecule has 2 aromatic carbocycles. The molecule has 1 fully saturated rings. The molecule has 44 heavy (non-hydrogen) atoms. The number of benzene rings is 2. The van der Waals surface area contributed by atoms with Gasteiger partial charge in [-0.3, -0.25) is 9.80 Å². The molecule has 6 aromatic rings. The largest absolute Gasteiger partial charge is 0.287 e. The first-order valence-electron chi connectivity index (χ1n) is 14.2. The zero-order valence-corrected chi connectivity index (χ0v) is 25.2. The Morgan fingerprint density at radius 3 is 1.36 bits per heavy atom. The van der Waals surface area contributed by atoms with Crippen molar-refractivity contribution in [1.82, 2.24) is 50.2 Å². The quantitative estimate of drug-likeness (QED) is 0.216. The summed E-state index contributed by atoms with van der Waals surface area (Å²) in [6.07, 6.45) is 0. The minimum absolute atomic E-state index is 0.277. The van der Waals surface area contributed by atoms with Gasteiger partial charge in [0.25, 0.3) is 0 Å². The summed E-state index contributed by atoms with van der Waals surface area (Å²) in [6.45, 7) is 3.82. The number of hydrogen-bond acceptors (Lipinski definition) is 10. The van der Waals surface area contributed by atoms with Gasteiger partial charge in [-0.15, -0.1) is 32.9 Å². The minimum atomic E-state index is -0.294. The van der Waals surface area contributed by atoms with Crippen LogP contribution in [0.5, 0.6) is 0 Å². The van der Waals surface area contributed by atoms with Crippen LogP contribution in [0.3, 0.4) is 0 Å². The smallest absolute Gasteiger partial charge is 0.173 e. The van der Waals surface area contributed by atoms with E-state index in [1.54, 1.807) is 46.9 Å². The van der Waals surface area contributed by atoms with Gasteiger partial charge < -0.3 is 0 Å². The molecular formula is C30H28F2N10S2. The lowest BCUT2D eigenvalue weighted by molar-refractivity contribution is 0.0825. The van der Waals surface area contributed by atoms with E-state index in [1.165, 1.54) is 24.3 Å². The van der Waals surface area contributed by atoms with E-state index in [2.05, 4.69) is 53.0 Å². The highest BCUT2D eigenvalue weighted by molar-refractivity contribution is 7.10. The Morgan fingerprint density at radius 1 is 0.591 bits per heavy atom. The maximum atomic E-state index is 14.0. The van der Waals surface area contributed by atoms with E-state index in [1.807, 2.05) is 32.3 Å². The van der Waals surface area contributed by atoms with Crippen molar-refractivity contribution in [3.63, 3.8) is 0 Å². The molecule has 0 spiro atoms. The van der Waals surface area contributed by atoms with E-state index in [4.69, 9.17) is 0 Å². The summed E-state index contributed by atoms with van der Waals surface area (Å²) >= 11 is 3.30. The van der Waals surface area contributed by atoms with Crippen LogP contribution in [0.25, 0.3) is 0 Å². The number of rotatable bonds is 10. The summed E-state index contributed by atoms with van der Waals surface area (Å²) in [4.78, 5) is 6.94. The van der Waals surface area contributed by atoms with Crippen molar-refractivity contribution in [1.29, 1.82) is 0 Å². The van der Waals surface area contributed by atoms with Crippen LogP contribution < -0.4 is 0 Å². The number of nitrogens with zero attached hydrogens (tertiary/aromatic N) is 10. The summed E-state index contributed by atoms with van der Waals surface area (Å²) in [5, 5.41) is 29.7. The third-order valence-electron chi connectivity index (χ3n) is 7.83. The second-order valence-corrected chi connectivity index (χ2v) is 12.6. The minimum Gasteiger partial charge on any atom is -0.287 e. The molecule has 5 heterocycles. The lowest BCUT2D eigenvalue weighted by atomic mass is 10.0. The van der Waals surface area contributed by atoms with Gasteiger partial charge in [0.15, 0.2) is 11.6 Å². The van der Waals surface area contributed by atoms with Crippen LogP contribution in [-0.2, 0) is 13.1 Å². The standard InChI is InChI=1S/C30H28F2N10S2/c31-23-9-5-21(6-10-23)27(29-33-35-37-41(29)19-25-3-1-17-43-25)39-13-15-40(16-14-39)28(22-7-11-24(32)12-8-22)30-34-36-38-42(30)20-26-4-2-18-44-26/h1-12,17-18,27-28H,13-16,19-20H2/t27-,28-/m1/s1. The van der Waals surface area contributed by atoms with Crippen molar-refractivity contribution in [2.45, 2.75) is 25.2 Å². The maximum absolute atomic E-state index is 14.0. The van der Waals surface area contributed by atoms with Crippen molar-refractivity contribution >= 4 is 22.7 Å². The number of halogens is 2. The molecule has 0 saturated carbocycles. The topological polar surface area (TPSA) is 93.7 Å². The first kappa shape index (κ1) is 28.5. The molecule has 1 aliphatic rings. The highest BCUT2D eigenvalue weighted by atomic mass is 32.1. The van der Waals surface area contributed by atoms with Crippen LogP contribution in [0.2, 0.25) is 0 Å². The van der Waals surface area contributed by atoms with Gasteiger partial charge in [-0.1, -0.05) is 36.4 Å². The number of aromatic nitrogens is 8. The molecule has 0 N–H and O–H groups in total. The first-order chi connectivity index (χ1) is 21.6. The van der Waals surface area contributed by atoms with Crippen LogP contribution in [-0.4, -0.2) is 76.4 Å². The van der Waals surface area contributed by atoms with Crippen LogP contribution in [0, 0.1) is 11.6 Å². The zero-order valence-electron chi connectivity index (χ0n) is 23.5. The molecule has 7 rings (SSSR count). The Balaban J connectivity index is 1.18. The summed E-state index contributed by atoms with van der Waals surface area (Å²) in [5.74, 6) is 0.817. The van der Waals surface area contributed by atoms with Crippen molar-refractivity contribution in [2.75, 3.05) is 26.2 Å². The molecular weight excluding hydrogens is 603 g/mol. The predicted octanol–water partition coefficient (Wildman–Crippen LogP) is 4.65. The van der Waals surface area contributed by atoms with E-state index in [0.29, 0.717) is 50.9 Å². The number of thiophene rings is 2. The summed E-state index contributed by atoms with van der Waals surface area (Å²) in [5.41, 5.74) is 1.83. The number of hydrogen-bond donors (Lipinski definition) is 0. The van der Waals surface area contributed by atoms with E-state index >= 15 is 0 Å². The first-order valence-corrected chi connectivity index (χ1v) is 15.9. The van der Waals surface area contributed by atoms with E-state index < -0.39 is 0 Å². The highest BCUT2D eigenvalue weighted by Crippen LogP contribution is 2.33. The Labute approximate surface area is 260 Å². The predicted molar refractivity (Wildman–Crippen MR) is 162 cm³/mol. The molecule has 1 aliphatic heterocycles. The maximum Gasteiger partial charge on any atom is 0.173 e. The fourth-order valence-electron chi connectivity index (χ4n) is 5.73. The average Bonchev–Trinajstić information content (AvgIpc) is 3.88. The van der Waals surface area contributed by atoms with Crippen LogP contribution in [0.15, 0.2) is 83.6 Å². The van der Waals surface area contributed by atoms with Gasteiger partial charge in [-0.25, -0.2) is 18.1 Å². The Bertz CT molecular complexity index is 1630. The van der Waals surface area contributed by atoms with Crippen molar-refractivity contribution in [3.05, 3.63) is 128 Å².